The van der Waals surface area contributed by atoms with Crippen molar-refractivity contribution in [1.29, 1.82) is 0 Å². The van der Waals surface area contributed by atoms with Crippen molar-refractivity contribution in [2.75, 3.05) is 31.3 Å². The van der Waals surface area contributed by atoms with E-state index in [0.29, 0.717) is 18.2 Å². The maximum absolute atomic E-state index is 11.8. The van der Waals surface area contributed by atoms with Crippen LogP contribution >= 0.6 is 0 Å². The van der Waals surface area contributed by atoms with E-state index in [1.807, 2.05) is 18.2 Å². The molecular weight excluding hydrogens is 316 g/mol. The lowest BCUT2D eigenvalue weighted by Crippen LogP contribution is -2.34. The molecule has 0 bridgehead atoms. The Morgan fingerprint density at radius 3 is 2.87 bits per heavy atom. The van der Waals surface area contributed by atoms with E-state index < -0.39 is 10.0 Å². The fourth-order valence-electron chi connectivity index (χ4n) is 2.19. The fourth-order valence-corrected chi connectivity index (χ4v) is 3.15. The summed E-state index contributed by atoms with van der Waals surface area (Å²) in [6.07, 6.45) is 3.42. The van der Waals surface area contributed by atoms with E-state index in [4.69, 9.17) is 10.5 Å². The second kappa shape index (κ2) is 8.16. The van der Waals surface area contributed by atoms with Crippen molar-refractivity contribution in [2.24, 2.45) is 16.6 Å². The summed E-state index contributed by atoms with van der Waals surface area (Å²) in [6.45, 7) is 0.645. The Morgan fingerprint density at radius 2 is 2.22 bits per heavy atom. The van der Waals surface area contributed by atoms with Gasteiger partial charge in [0.25, 0.3) is 0 Å². The standard InChI is InChI=1S/C15H24N4O3S/c1-22-14-7-3-6-13(10-14)19-15(16)17-8-9-23(20,21)18-11-12-4-2-5-12/h3,6-7,10,12,18H,2,4-5,8-9,11H2,1H3,(H3,16,17,19). The van der Waals surface area contributed by atoms with E-state index in [0.717, 1.165) is 18.5 Å². The van der Waals surface area contributed by atoms with Gasteiger partial charge >= 0.3 is 0 Å². The molecule has 1 aliphatic rings. The number of nitrogens with one attached hydrogen (secondary N) is 2. The average Bonchev–Trinajstić information content (AvgIpc) is 2.45. The van der Waals surface area contributed by atoms with Crippen LogP contribution in [0.15, 0.2) is 29.3 Å². The minimum absolute atomic E-state index is 0.0692. The molecule has 0 aromatic heterocycles. The number of anilines is 1. The van der Waals surface area contributed by atoms with Gasteiger partial charge in [-0.05, 0) is 30.9 Å². The highest BCUT2D eigenvalue weighted by atomic mass is 32.2. The zero-order valence-electron chi connectivity index (χ0n) is 13.3. The predicted octanol–water partition coefficient (Wildman–Crippen LogP) is 1.14. The molecule has 1 fully saturated rings. The zero-order chi connectivity index (χ0) is 16.7. The molecule has 1 aromatic rings. The molecular formula is C15H24N4O3S. The van der Waals surface area contributed by atoms with Crippen LogP contribution in [-0.4, -0.2) is 40.3 Å². The normalized spacial score (nSPS) is 16.0. The summed E-state index contributed by atoms with van der Waals surface area (Å²) < 4.78 is 31.4. The van der Waals surface area contributed by atoms with Crippen molar-refractivity contribution in [3.63, 3.8) is 0 Å². The molecule has 23 heavy (non-hydrogen) atoms. The highest BCUT2D eigenvalue weighted by Gasteiger charge is 2.19. The molecule has 0 aliphatic heterocycles. The number of guanidine groups is 1. The van der Waals surface area contributed by atoms with Crippen molar-refractivity contribution in [1.82, 2.24) is 4.72 Å². The Hall–Kier alpha value is -1.80. The molecule has 0 spiro atoms. The van der Waals surface area contributed by atoms with E-state index >= 15 is 0 Å². The number of benzene rings is 1. The summed E-state index contributed by atoms with van der Waals surface area (Å²) in [4.78, 5) is 4.04. The Kier molecular flexibility index (Phi) is 6.23. The van der Waals surface area contributed by atoms with E-state index in [2.05, 4.69) is 15.0 Å². The SMILES string of the molecule is COc1cccc(NC(N)=NCCS(=O)(=O)NCC2CCC2)c1. The van der Waals surface area contributed by atoms with Crippen LogP contribution in [0, 0.1) is 5.92 Å². The summed E-state index contributed by atoms with van der Waals surface area (Å²) in [6, 6.07) is 7.24. The number of nitrogens with zero attached hydrogens (tertiary/aromatic N) is 1. The largest absolute Gasteiger partial charge is 0.497 e. The number of aliphatic imine (C=N–C) groups is 1. The lowest BCUT2D eigenvalue weighted by molar-refractivity contribution is 0.316. The molecule has 0 radical (unpaired) electrons. The average molecular weight is 340 g/mol. The van der Waals surface area contributed by atoms with E-state index in [9.17, 15) is 8.42 Å². The Balaban J connectivity index is 1.76. The van der Waals surface area contributed by atoms with E-state index in [1.54, 1.807) is 13.2 Å². The van der Waals surface area contributed by atoms with Gasteiger partial charge < -0.3 is 15.8 Å². The number of rotatable bonds is 8. The molecule has 0 heterocycles. The van der Waals surface area contributed by atoms with Crippen LogP contribution in [0.1, 0.15) is 19.3 Å². The van der Waals surface area contributed by atoms with Crippen LogP contribution in [-0.2, 0) is 10.0 Å². The van der Waals surface area contributed by atoms with Crippen LogP contribution in [0.4, 0.5) is 5.69 Å². The van der Waals surface area contributed by atoms with Gasteiger partial charge in [0.15, 0.2) is 5.96 Å². The third kappa shape index (κ3) is 6.07. The number of nitrogens with two attached hydrogens (primary N) is 1. The second-order valence-electron chi connectivity index (χ2n) is 5.59. The van der Waals surface area contributed by atoms with Gasteiger partial charge in [0, 0.05) is 18.3 Å². The summed E-state index contributed by atoms with van der Waals surface area (Å²) in [5.74, 6) is 1.30. The first kappa shape index (κ1) is 17.6. The maximum atomic E-state index is 11.8. The molecule has 0 unspecified atom stereocenters. The Bertz CT molecular complexity index is 642. The van der Waals surface area contributed by atoms with Gasteiger partial charge in [-0.15, -0.1) is 0 Å². The molecule has 1 aromatic carbocycles. The Morgan fingerprint density at radius 1 is 1.43 bits per heavy atom. The number of hydrogen-bond acceptors (Lipinski definition) is 4. The lowest BCUT2D eigenvalue weighted by atomic mass is 9.86. The van der Waals surface area contributed by atoms with Gasteiger partial charge in [-0.3, -0.25) is 4.99 Å². The highest BCUT2D eigenvalue weighted by molar-refractivity contribution is 7.89. The fraction of sp³-hybridized carbons (Fsp3) is 0.533. The molecule has 1 saturated carbocycles. The maximum Gasteiger partial charge on any atom is 0.213 e. The zero-order valence-corrected chi connectivity index (χ0v) is 14.1. The molecule has 128 valence electrons. The van der Waals surface area contributed by atoms with Gasteiger partial charge in [-0.25, -0.2) is 13.1 Å². The lowest BCUT2D eigenvalue weighted by Gasteiger charge is -2.25. The number of methoxy groups -OCH3 is 1. The summed E-state index contributed by atoms with van der Waals surface area (Å²) in [7, 11) is -1.71. The predicted molar refractivity (Wildman–Crippen MR) is 92.2 cm³/mol. The van der Waals surface area contributed by atoms with Crippen molar-refractivity contribution < 1.29 is 13.2 Å². The van der Waals surface area contributed by atoms with Crippen molar-refractivity contribution in [3.05, 3.63) is 24.3 Å². The van der Waals surface area contributed by atoms with Crippen molar-refractivity contribution in [3.8, 4) is 5.75 Å². The summed E-state index contributed by atoms with van der Waals surface area (Å²) in [5.41, 5.74) is 6.50. The van der Waals surface area contributed by atoms with Crippen LogP contribution in [0.5, 0.6) is 5.75 Å². The van der Waals surface area contributed by atoms with Crippen molar-refractivity contribution >= 4 is 21.7 Å². The first-order valence-corrected chi connectivity index (χ1v) is 9.32. The molecule has 8 heteroatoms. The molecule has 0 saturated heterocycles. The number of ether oxygens (including phenoxy) is 1. The topological polar surface area (TPSA) is 106 Å². The van der Waals surface area contributed by atoms with E-state index in [1.165, 1.54) is 6.42 Å². The minimum atomic E-state index is -3.29. The quantitative estimate of drug-likeness (QED) is 0.486. The first-order chi connectivity index (χ1) is 11.0. The summed E-state index contributed by atoms with van der Waals surface area (Å²) >= 11 is 0. The van der Waals surface area contributed by atoms with Crippen LogP contribution < -0.4 is 20.5 Å². The van der Waals surface area contributed by atoms with Crippen LogP contribution in [0.25, 0.3) is 0 Å². The Labute approximate surface area is 137 Å². The third-order valence-electron chi connectivity index (χ3n) is 3.80. The van der Waals surface area contributed by atoms with E-state index in [-0.39, 0.29) is 18.3 Å². The minimum Gasteiger partial charge on any atom is -0.497 e. The first-order valence-electron chi connectivity index (χ1n) is 7.67. The molecule has 2 rings (SSSR count). The third-order valence-corrected chi connectivity index (χ3v) is 5.13. The van der Waals surface area contributed by atoms with Gasteiger partial charge in [-0.2, -0.15) is 0 Å². The van der Waals surface area contributed by atoms with Crippen LogP contribution in [0.2, 0.25) is 0 Å². The molecule has 0 atom stereocenters. The van der Waals surface area contributed by atoms with Gasteiger partial charge in [-0.1, -0.05) is 12.5 Å². The molecule has 7 nitrogen and oxygen atoms in total. The summed E-state index contributed by atoms with van der Waals surface area (Å²) in [5, 5.41) is 2.90. The molecule has 4 N–H and O–H groups in total. The monoisotopic (exact) mass is 340 g/mol. The van der Waals surface area contributed by atoms with Gasteiger partial charge in [0.05, 0.1) is 19.4 Å². The number of hydrogen-bond donors (Lipinski definition) is 3. The highest BCUT2D eigenvalue weighted by Crippen LogP contribution is 2.25. The van der Waals surface area contributed by atoms with Gasteiger partial charge in [0.2, 0.25) is 10.0 Å². The smallest absolute Gasteiger partial charge is 0.213 e. The second-order valence-corrected chi connectivity index (χ2v) is 7.51. The van der Waals surface area contributed by atoms with Gasteiger partial charge in [0.1, 0.15) is 5.75 Å². The molecule has 1 aliphatic carbocycles. The molecule has 0 amide bonds. The number of sulfonamides is 1. The van der Waals surface area contributed by atoms with Crippen LogP contribution in [0.3, 0.4) is 0 Å². The van der Waals surface area contributed by atoms with Crippen molar-refractivity contribution in [2.45, 2.75) is 19.3 Å².